The van der Waals surface area contributed by atoms with Gasteiger partial charge in [0, 0.05) is 0 Å². The lowest BCUT2D eigenvalue weighted by molar-refractivity contribution is 0.469. The first kappa shape index (κ1) is 22.1. The van der Waals surface area contributed by atoms with E-state index in [0.717, 1.165) is 0 Å². The largest absolute Gasteiger partial charge is 0.183 e. The van der Waals surface area contributed by atoms with E-state index >= 15 is 0 Å². The molecule has 118 valence electrons. The summed E-state index contributed by atoms with van der Waals surface area (Å²) in [4.78, 5) is 0. The van der Waals surface area contributed by atoms with Crippen molar-refractivity contribution in [1.82, 2.24) is 0 Å². The van der Waals surface area contributed by atoms with Gasteiger partial charge in [0.2, 0.25) is 0 Å². The first-order valence-electron chi connectivity index (χ1n) is 7.27. The molecular weight excluding hydrogens is 272 g/mol. The molecule has 0 bridgehead atoms. The van der Waals surface area contributed by atoms with Gasteiger partial charge in [-0.3, -0.25) is 0 Å². The van der Waals surface area contributed by atoms with E-state index in [0.29, 0.717) is 5.41 Å². The summed E-state index contributed by atoms with van der Waals surface area (Å²) in [6, 6.07) is 20.5. The summed E-state index contributed by atoms with van der Waals surface area (Å²) in [5, 5.41) is 0. The van der Waals surface area contributed by atoms with Crippen molar-refractivity contribution in [2.24, 2.45) is 5.41 Å². The Bertz CT molecular complexity index is 369. The Morgan fingerprint density at radius 2 is 0.762 bits per heavy atom. The Morgan fingerprint density at radius 3 is 0.857 bits per heavy atom. The molecule has 0 aliphatic rings. The first-order valence-corrected chi connectivity index (χ1v) is 8.16. The highest BCUT2D eigenvalue weighted by Crippen LogP contribution is 2.08. The van der Waals surface area contributed by atoms with E-state index in [1.165, 1.54) is 11.1 Å². The fourth-order valence-electron chi connectivity index (χ4n) is 1.07. The average Bonchev–Trinajstić information content (AvgIpc) is 2.42. The third kappa shape index (κ3) is 24.2. The number of aryl methyl sites for hydroxylation is 2. The lowest BCUT2D eigenvalue weighted by Crippen LogP contribution is -1.93. The predicted octanol–water partition coefficient (Wildman–Crippen LogP) is 6.59. The molecule has 0 saturated carbocycles. The van der Waals surface area contributed by atoms with E-state index in [1.54, 1.807) is 6.26 Å². The summed E-state index contributed by atoms with van der Waals surface area (Å²) in [7, 11) is 0. The van der Waals surface area contributed by atoms with Crippen molar-refractivity contribution in [3.05, 3.63) is 71.8 Å². The molecule has 0 nitrogen and oxygen atoms in total. The fraction of sp³-hybridized carbons (Fsp3) is 0.400. The van der Waals surface area contributed by atoms with Gasteiger partial charge in [0.05, 0.1) is 0 Å². The Kier molecular flexibility index (Phi) is 14.5. The Morgan fingerprint density at radius 1 is 0.571 bits per heavy atom. The van der Waals surface area contributed by atoms with Crippen LogP contribution in [0.15, 0.2) is 60.7 Å². The smallest absolute Gasteiger partial charge is 0.0215 e. The Balaban J connectivity index is 0. The molecule has 0 aliphatic carbocycles. The van der Waals surface area contributed by atoms with Gasteiger partial charge in [0.1, 0.15) is 0 Å². The van der Waals surface area contributed by atoms with Crippen LogP contribution in [0.25, 0.3) is 0 Å². The van der Waals surface area contributed by atoms with Gasteiger partial charge < -0.3 is 0 Å². The van der Waals surface area contributed by atoms with Gasteiger partial charge >= 0.3 is 0 Å². The zero-order valence-electron chi connectivity index (χ0n) is 14.7. The lowest BCUT2D eigenvalue weighted by atomic mass is 10.0. The molecular formula is C20H32S. The van der Waals surface area contributed by atoms with Crippen LogP contribution in [-0.4, -0.2) is 6.26 Å². The third-order valence-corrected chi connectivity index (χ3v) is 1.88. The van der Waals surface area contributed by atoms with Crippen molar-refractivity contribution in [2.75, 3.05) is 6.26 Å². The minimum absolute atomic E-state index is 0.500. The maximum atomic E-state index is 3.53. The van der Waals surface area contributed by atoms with Crippen molar-refractivity contribution in [3.63, 3.8) is 0 Å². The quantitative estimate of drug-likeness (QED) is 0.521. The molecule has 0 N–H and O–H groups in total. The van der Waals surface area contributed by atoms with E-state index in [1.807, 2.05) is 36.4 Å². The highest BCUT2D eigenvalue weighted by Gasteiger charge is 1.95. The van der Waals surface area contributed by atoms with E-state index in [-0.39, 0.29) is 0 Å². The zero-order valence-corrected chi connectivity index (χ0v) is 15.6. The van der Waals surface area contributed by atoms with Crippen molar-refractivity contribution < 1.29 is 0 Å². The van der Waals surface area contributed by atoms with Crippen molar-refractivity contribution in [2.45, 2.75) is 41.5 Å². The van der Waals surface area contributed by atoms with E-state index in [4.69, 9.17) is 0 Å². The van der Waals surface area contributed by atoms with E-state index in [9.17, 15) is 0 Å². The van der Waals surface area contributed by atoms with E-state index in [2.05, 4.69) is 78.4 Å². The molecule has 0 atom stereocenters. The molecule has 0 spiro atoms. The molecule has 0 unspecified atom stereocenters. The van der Waals surface area contributed by atoms with Crippen LogP contribution >= 0.6 is 12.6 Å². The molecule has 0 amide bonds. The van der Waals surface area contributed by atoms with Gasteiger partial charge in [0.25, 0.3) is 0 Å². The van der Waals surface area contributed by atoms with Crippen LogP contribution in [0.1, 0.15) is 38.8 Å². The lowest BCUT2D eigenvalue weighted by Gasteiger charge is -2.05. The second-order valence-electron chi connectivity index (χ2n) is 6.31. The molecule has 0 aliphatic heterocycles. The molecule has 2 aromatic carbocycles. The van der Waals surface area contributed by atoms with Crippen molar-refractivity contribution >= 4 is 12.6 Å². The predicted molar refractivity (Wildman–Crippen MR) is 102 cm³/mol. The summed E-state index contributed by atoms with van der Waals surface area (Å²) >= 11 is 3.53. The summed E-state index contributed by atoms with van der Waals surface area (Å²) in [6.45, 7) is 12.9. The number of hydrogen-bond donors (Lipinski definition) is 1. The van der Waals surface area contributed by atoms with Crippen LogP contribution in [0, 0.1) is 19.3 Å². The van der Waals surface area contributed by atoms with Crippen LogP contribution in [-0.2, 0) is 0 Å². The second-order valence-corrected chi connectivity index (χ2v) is 6.31. The van der Waals surface area contributed by atoms with Gasteiger partial charge in [-0.15, -0.1) is 0 Å². The number of hydrogen-bond acceptors (Lipinski definition) is 1. The van der Waals surface area contributed by atoms with Crippen LogP contribution in [0.2, 0.25) is 0 Å². The second kappa shape index (κ2) is 13.8. The topological polar surface area (TPSA) is 0 Å². The van der Waals surface area contributed by atoms with Gasteiger partial charge in [0.15, 0.2) is 0 Å². The van der Waals surface area contributed by atoms with Gasteiger partial charge in [-0.2, -0.15) is 12.6 Å². The Labute approximate surface area is 138 Å². The highest BCUT2D eigenvalue weighted by molar-refractivity contribution is 7.79. The molecule has 0 saturated heterocycles. The maximum Gasteiger partial charge on any atom is -0.0215 e. The maximum absolute atomic E-state index is 3.53. The standard InChI is InChI=1S/2C7H8.C5H12.CH4S/c2*1-7-5-3-2-4-6-7;1-5(2,3)4;1-2/h2*2-6H,1H3;1-4H3;2H,1H3. The average molecular weight is 305 g/mol. The molecule has 0 aromatic heterocycles. The normalized spacial score (nSPS) is 8.95. The summed E-state index contributed by atoms with van der Waals surface area (Å²) in [5.41, 5.74) is 3.14. The minimum atomic E-state index is 0.500. The monoisotopic (exact) mass is 304 g/mol. The van der Waals surface area contributed by atoms with Crippen molar-refractivity contribution in [3.8, 4) is 0 Å². The first-order chi connectivity index (χ1) is 9.79. The van der Waals surface area contributed by atoms with Crippen LogP contribution < -0.4 is 0 Å². The Hall–Kier alpha value is -1.21. The molecule has 21 heavy (non-hydrogen) atoms. The summed E-state index contributed by atoms with van der Waals surface area (Å²) in [6.07, 6.45) is 1.69. The number of thiol groups is 1. The number of rotatable bonds is 0. The van der Waals surface area contributed by atoms with Crippen LogP contribution in [0.3, 0.4) is 0 Å². The zero-order chi connectivity index (χ0) is 16.7. The molecule has 0 heterocycles. The SMILES string of the molecule is CC(C)(C)C.CS.Cc1ccccc1.Cc1ccccc1. The molecule has 2 rings (SSSR count). The summed E-state index contributed by atoms with van der Waals surface area (Å²) in [5.74, 6) is 0. The molecule has 0 fully saturated rings. The van der Waals surface area contributed by atoms with Gasteiger partial charge in [-0.25, -0.2) is 0 Å². The minimum Gasteiger partial charge on any atom is -0.183 e. The summed E-state index contributed by atoms with van der Waals surface area (Å²) < 4.78 is 0. The van der Waals surface area contributed by atoms with Crippen LogP contribution in [0.5, 0.6) is 0 Å². The van der Waals surface area contributed by atoms with Crippen LogP contribution in [0.4, 0.5) is 0 Å². The van der Waals surface area contributed by atoms with Gasteiger partial charge in [-0.1, -0.05) is 99.5 Å². The molecule has 2 aromatic rings. The fourth-order valence-corrected chi connectivity index (χ4v) is 1.07. The van der Waals surface area contributed by atoms with E-state index < -0.39 is 0 Å². The molecule has 1 heteroatoms. The van der Waals surface area contributed by atoms with Gasteiger partial charge in [-0.05, 0) is 25.5 Å². The molecule has 0 radical (unpaired) electrons. The highest BCUT2D eigenvalue weighted by atomic mass is 32.1. The van der Waals surface area contributed by atoms with Crippen molar-refractivity contribution in [1.29, 1.82) is 0 Å². The third-order valence-electron chi connectivity index (χ3n) is 1.88. The number of benzene rings is 2.